The first-order valence-corrected chi connectivity index (χ1v) is 7.63. The van der Waals surface area contributed by atoms with Crippen molar-refractivity contribution in [2.45, 2.75) is 25.8 Å². The lowest BCUT2D eigenvalue weighted by Crippen LogP contribution is -2.29. The van der Waals surface area contributed by atoms with Crippen molar-refractivity contribution in [2.24, 2.45) is 11.8 Å². The zero-order valence-electron chi connectivity index (χ0n) is 12.2. The molecule has 2 heterocycles. The number of hydrogen-bond donors (Lipinski definition) is 0. The summed E-state index contributed by atoms with van der Waals surface area (Å²) < 4.78 is 5.57. The number of carbonyl (C=O) groups is 1. The number of fused-ring (bicyclic) bond motifs is 2. The molecule has 2 aromatic rings. The summed E-state index contributed by atoms with van der Waals surface area (Å²) in [6.45, 7) is 3.81. The highest BCUT2D eigenvalue weighted by atomic mass is 16.3. The maximum atomic E-state index is 12.7. The van der Waals surface area contributed by atoms with Crippen molar-refractivity contribution in [1.29, 1.82) is 0 Å². The van der Waals surface area contributed by atoms with Crippen LogP contribution in [0.1, 0.15) is 29.7 Å². The van der Waals surface area contributed by atoms with E-state index in [1.165, 1.54) is 11.1 Å². The van der Waals surface area contributed by atoms with E-state index in [-0.39, 0.29) is 11.8 Å². The van der Waals surface area contributed by atoms with Crippen LogP contribution in [0.15, 0.2) is 47.1 Å². The quantitative estimate of drug-likeness (QED) is 0.847. The third kappa shape index (κ3) is 1.99. The number of rotatable bonds is 2. The molecule has 0 bridgehead atoms. The lowest BCUT2D eigenvalue weighted by Gasteiger charge is -2.28. The van der Waals surface area contributed by atoms with Gasteiger partial charge in [0.25, 0.3) is 0 Å². The van der Waals surface area contributed by atoms with Crippen LogP contribution in [0, 0.1) is 11.8 Å². The van der Waals surface area contributed by atoms with E-state index in [4.69, 9.17) is 4.42 Å². The summed E-state index contributed by atoms with van der Waals surface area (Å²) in [7, 11) is 0. The van der Waals surface area contributed by atoms with Gasteiger partial charge < -0.3 is 9.32 Å². The monoisotopic (exact) mass is 281 g/mol. The van der Waals surface area contributed by atoms with E-state index in [0.29, 0.717) is 11.8 Å². The van der Waals surface area contributed by atoms with E-state index in [2.05, 4.69) is 25.1 Å². The van der Waals surface area contributed by atoms with Crippen molar-refractivity contribution in [3.8, 4) is 0 Å². The van der Waals surface area contributed by atoms with E-state index in [9.17, 15) is 4.79 Å². The van der Waals surface area contributed by atoms with Gasteiger partial charge in [0.15, 0.2) is 0 Å². The minimum Gasteiger partial charge on any atom is -0.469 e. The molecule has 1 aromatic heterocycles. The predicted molar refractivity (Wildman–Crippen MR) is 79.7 cm³/mol. The molecule has 4 rings (SSSR count). The van der Waals surface area contributed by atoms with Crippen LogP contribution in [0.5, 0.6) is 0 Å². The molecule has 21 heavy (non-hydrogen) atoms. The Bertz CT molecular complexity index is 661. The van der Waals surface area contributed by atoms with Gasteiger partial charge in [0.2, 0.25) is 5.91 Å². The summed E-state index contributed by atoms with van der Waals surface area (Å²) in [6.07, 6.45) is 2.52. The molecule has 108 valence electrons. The Morgan fingerprint density at radius 2 is 2.05 bits per heavy atom. The number of furan rings is 1. The lowest BCUT2D eigenvalue weighted by atomic mass is 9.74. The molecule has 0 radical (unpaired) electrons. The van der Waals surface area contributed by atoms with Crippen LogP contribution in [0.25, 0.3) is 0 Å². The van der Waals surface area contributed by atoms with Crippen molar-refractivity contribution in [1.82, 2.24) is 4.90 Å². The molecule has 1 aliphatic heterocycles. The molecule has 2 aliphatic rings. The summed E-state index contributed by atoms with van der Waals surface area (Å²) in [5.41, 5.74) is 2.50. The third-order valence-corrected chi connectivity index (χ3v) is 5.11. The molecular weight excluding hydrogens is 262 g/mol. The SMILES string of the molecule is CC1c2ccoc2C[C@H]2C(=O)N(Cc3ccccc3)C[C@@H]12. The first kappa shape index (κ1) is 12.7. The van der Waals surface area contributed by atoms with Crippen molar-refractivity contribution >= 4 is 5.91 Å². The summed E-state index contributed by atoms with van der Waals surface area (Å²) in [4.78, 5) is 14.7. The second kappa shape index (κ2) is 4.76. The molecular formula is C18H19NO2. The Balaban J connectivity index is 1.58. The van der Waals surface area contributed by atoms with Gasteiger partial charge >= 0.3 is 0 Å². The largest absolute Gasteiger partial charge is 0.469 e. The third-order valence-electron chi connectivity index (χ3n) is 5.11. The average molecular weight is 281 g/mol. The minimum atomic E-state index is 0.0994. The predicted octanol–water partition coefficient (Wildman–Crippen LogP) is 3.21. The van der Waals surface area contributed by atoms with Crippen LogP contribution >= 0.6 is 0 Å². The fourth-order valence-corrected chi connectivity index (χ4v) is 3.93. The van der Waals surface area contributed by atoms with Gasteiger partial charge in [-0.05, 0) is 29.0 Å². The maximum Gasteiger partial charge on any atom is 0.226 e. The fourth-order valence-electron chi connectivity index (χ4n) is 3.93. The number of amides is 1. The second-order valence-corrected chi connectivity index (χ2v) is 6.27. The molecule has 3 atom stereocenters. The normalized spacial score (nSPS) is 27.6. The second-order valence-electron chi connectivity index (χ2n) is 6.27. The molecule has 3 nitrogen and oxygen atoms in total. The van der Waals surface area contributed by atoms with Crippen LogP contribution in [-0.4, -0.2) is 17.4 Å². The van der Waals surface area contributed by atoms with Crippen molar-refractivity contribution in [2.75, 3.05) is 6.54 Å². The smallest absolute Gasteiger partial charge is 0.226 e. The van der Waals surface area contributed by atoms with Crippen molar-refractivity contribution in [3.63, 3.8) is 0 Å². The first-order valence-electron chi connectivity index (χ1n) is 7.63. The number of benzene rings is 1. The Hall–Kier alpha value is -2.03. The molecule has 3 heteroatoms. The average Bonchev–Trinajstić information content (AvgIpc) is 3.08. The zero-order valence-corrected chi connectivity index (χ0v) is 12.2. The topological polar surface area (TPSA) is 33.5 Å². The number of nitrogens with zero attached hydrogens (tertiary/aromatic N) is 1. The van der Waals surface area contributed by atoms with Gasteiger partial charge in [0.05, 0.1) is 12.2 Å². The summed E-state index contributed by atoms with van der Waals surface area (Å²) in [6, 6.07) is 12.3. The van der Waals surface area contributed by atoms with Gasteiger partial charge in [0, 0.05) is 19.5 Å². The number of carbonyl (C=O) groups excluding carboxylic acids is 1. The van der Waals surface area contributed by atoms with Gasteiger partial charge in [-0.2, -0.15) is 0 Å². The van der Waals surface area contributed by atoms with E-state index in [1.807, 2.05) is 23.1 Å². The summed E-state index contributed by atoms with van der Waals surface area (Å²) >= 11 is 0. The van der Waals surface area contributed by atoms with Crippen LogP contribution in [0.4, 0.5) is 0 Å². The highest BCUT2D eigenvalue weighted by molar-refractivity contribution is 5.82. The Kier molecular flexibility index (Phi) is 2.88. The van der Waals surface area contributed by atoms with Crippen LogP contribution in [0.2, 0.25) is 0 Å². The van der Waals surface area contributed by atoms with Gasteiger partial charge in [-0.3, -0.25) is 4.79 Å². The van der Waals surface area contributed by atoms with Crippen molar-refractivity contribution < 1.29 is 9.21 Å². The molecule has 1 aliphatic carbocycles. The van der Waals surface area contributed by atoms with Crippen LogP contribution in [-0.2, 0) is 17.8 Å². The molecule has 1 unspecified atom stereocenters. The maximum absolute atomic E-state index is 12.7. The van der Waals surface area contributed by atoms with Gasteiger partial charge in [0.1, 0.15) is 5.76 Å². The number of hydrogen-bond acceptors (Lipinski definition) is 2. The molecule has 1 saturated heterocycles. The zero-order chi connectivity index (χ0) is 14.4. The minimum absolute atomic E-state index is 0.0994. The standard InChI is InChI=1S/C18H19NO2/c1-12-14-7-8-21-17(14)9-15-16(12)11-19(18(15)20)10-13-5-3-2-4-6-13/h2-8,12,15-16H,9-11H2,1H3/t12?,15-,16+/m1/s1. The Morgan fingerprint density at radius 3 is 2.86 bits per heavy atom. The Labute approximate surface area is 124 Å². The van der Waals surface area contributed by atoms with E-state index in [1.54, 1.807) is 6.26 Å². The number of likely N-dealkylation sites (tertiary alicyclic amines) is 1. The van der Waals surface area contributed by atoms with Gasteiger partial charge in [-0.25, -0.2) is 0 Å². The lowest BCUT2D eigenvalue weighted by molar-refractivity contribution is -0.131. The Morgan fingerprint density at radius 1 is 1.24 bits per heavy atom. The molecule has 1 fully saturated rings. The summed E-state index contributed by atoms with van der Waals surface area (Å²) in [5.74, 6) is 2.23. The molecule has 1 aromatic carbocycles. The van der Waals surface area contributed by atoms with Crippen molar-refractivity contribution in [3.05, 3.63) is 59.5 Å². The van der Waals surface area contributed by atoms with Gasteiger partial charge in [-0.15, -0.1) is 0 Å². The van der Waals surface area contributed by atoms with Crippen LogP contribution < -0.4 is 0 Å². The highest BCUT2D eigenvalue weighted by Crippen LogP contribution is 2.44. The first-order chi connectivity index (χ1) is 10.2. The van der Waals surface area contributed by atoms with E-state index < -0.39 is 0 Å². The molecule has 1 amide bonds. The van der Waals surface area contributed by atoms with E-state index >= 15 is 0 Å². The fraction of sp³-hybridized carbons (Fsp3) is 0.389. The molecule has 0 saturated carbocycles. The molecule has 0 N–H and O–H groups in total. The van der Waals surface area contributed by atoms with Gasteiger partial charge in [-0.1, -0.05) is 37.3 Å². The molecule has 0 spiro atoms. The van der Waals surface area contributed by atoms with E-state index in [0.717, 1.165) is 25.3 Å². The summed E-state index contributed by atoms with van der Waals surface area (Å²) in [5, 5.41) is 0. The van der Waals surface area contributed by atoms with Crippen LogP contribution in [0.3, 0.4) is 0 Å². The highest BCUT2D eigenvalue weighted by Gasteiger charge is 2.47.